The van der Waals surface area contributed by atoms with E-state index in [1.165, 1.54) is 0 Å². The second-order valence-electron chi connectivity index (χ2n) is 8.30. The van der Waals surface area contributed by atoms with Gasteiger partial charge in [0.05, 0.1) is 20.6 Å². The van der Waals surface area contributed by atoms with Crippen LogP contribution in [0.15, 0.2) is 23.2 Å². The second kappa shape index (κ2) is 12.3. The van der Waals surface area contributed by atoms with E-state index in [2.05, 4.69) is 10.3 Å². The molecule has 1 fully saturated rings. The molecule has 0 aromatic heterocycles. The summed E-state index contributed by atoms with van der Waals surface area (Å²) >= 11 is 0. The first-order valence-electron chi connectivity index (χ1n) is 10.8. The molecule has 1 aromatic carbocycles. The van der Waals surface area contributed by atoms with Crippen LogP contribution in [0.5, 0.6) is 11.5 Å². The monoisotopic (exact) mass is 433 g/mol. The number of benzene rings is 1. The third-order valence-electron chi connectivity index (χ3n) is 5.27. The van der Waals surface area contributed by atoms with Crippen LogP contribution in [-0.4, -0.2) is 51.1 Å². The number of aliphatic imine (C=N–C) groups is 1. The summed E-state index contributed by atoms with van der Waals surface area (Å²) in [7, 11) is 3.09. The molecule has 1 heterocycles. The van der Waals surface area contributed by atoms with Crippen molar-refractivity contribution in [2.45, 2.75) is 52.0 Å². The molecule has 172 valence electrons. The fourth-order valence-electron chi connectivity index (χ4n) is 3.64. The Morgan fingerprint density at radius 1 is 1.19 bits per heavy atom. The van der Waals surface area contributed by atoms with Gasteiger partial charge in [-0.25, -0.2) is 4.99 Å². The molecular formula is C23H35N3O5. The van der Waals surface area contributed by atoms with Crippen LogP contribution in [0.3, 0.4) is 0 Å². The molecule has 0 radical (unpaired) electrons. The molecule has 8 heteroatoms. The average molecular weight is 434 g/mol. The molecule has 0 unspecified atom stereocenters. The van der Waals surface area contributed by atoms with Crippen molar-refractivity contribution in [2.75, 3.05) is 27.4 Å². The van der Waals surface area contributed by atoms with Gasteiger partial charge < -0.3 is 19.9 Å². The maximum absolute atomic E-state index is 12.8. The summed E-state index contributed by atoms with van der Waals surface area (Å²) in [6.45, 7) is 5.47. The predicted molar refractivity (Wildman–Crippen MR) is 119 cm³/mol. The minimum atomic E-state index is -0.552. The molecule has 8 nitrogen and oxygen atoms in total. The largest absolute Gasteiger partial charge is 0.493 e. The van der Waals surface area contributed by atoms with Gasteiger partial charge in [-0.05, 0) is 48.8 Å². The summed E-state index contributed by atoms with van der Waals surface area (Å²) in [5, 5.41) is 2.60. The Hall–Kier alpha value is -2.61. The van der Waals surface area contributed by atoms with Crippen LogP contribution >= 0.6 is 0 Å². The number of ketones is 1. The van der Waals surface area contributed by atoms with Crippen molar-refractivity contribution in [3.63, 3.8) is 0 Å². The topological polar surface area (TPSA) is 112 Å². The highest BCUT2D eigenvalue weighted by molar-refractivity contribution is 5.98. The lowest BCUT2D eigenvalue weighted by atomic mass is 9.90. The number of nitrogens with zero attached hydrogens (tertiary/aromatic N) is 1. The predicted octanol–water partition coefficient (Wildman–Crippen LogP) is 2.48. The van der Waals surface area contributed by atoms with Crippen molar-refractivity contribution in [2.24, 2.45) is 22.6 Å². The van der Waals surface area contributed by atoms with E-state index in [-0.39, 0.29) is 30.0 Å². The van der Waals surface area contributed by atoms with Crippen LogP contribution < -0.4 is 20.5 Å². The first kappa shape index (κ1) is 24.7. The molecule has 0 spiro atoms. The smallest absolute Gasteiger partial charge is 0.231 e. The number of hydrogen-bond donors (Lipinski definition) is 2. The van der Waals surface area contributed by atoms with Gasteiger partial charge in [0.2, 0.25) is 5.91 Å². The molecule has 3 N–H and O–H groups in total. The van der Waals surface area contributed by atoms with Crippen molar-refractivity contribution in [3.8, 4) is 11.5 Å². The molecule has 31 heavy (non-hydrogen) atoms. The number of nitrogens with one attached hydrogen (secondary N) is 1. The number of methoxy groups -OCH3 is 2. The van der Waals surface area contributed by atoms with Gasteiger partial charge in [-0.2, -0.15) is 0 Å². The molecule has 1 aromatic rings. The Balaban J connectivity index is 1.99. The zero-order chi connectivity index (χ0) is 22.8. The summed E-state index contributed by atoms with van der Waals surface area (Å²) in [5.41, 5.74) is 6.73. The standard InChI is InChI=1S/C23H35N3O5/c1-15(2)11-18(19(27)12-16-7-9-31-10-8-16)25-23(24)26-22(28)14-17-5-6-20(29-3)21(13-17)30-4/h5-6,13,15-16,18H,7-12,14H2,1-4H3,(H3,24,25,26,28)/t18-/m1/s1. The van der Waals surface area contributed by atoms with E-state index in [0.717, 1.165) is 18.4 Å². The number of rotatable bonds is 10. The summed E-state index contributed by atoms with van der Waals surface area (Å²) < 4.78 is 15.8. The van der Waals surface area contributed by atoms with Gasteiger partial charge in [-0.3, -0.25) is 14.9 Å². The highest BCUT2D eigenvalue weighted by Crippen LogP contribution is 2.27. The van der Waals surface area contributed by atoms with Gasteiger partial charge in [0, 0.05) is 19.6 Å². The van der Waals surface area contributed by atoms with Gasteiger partial charge in [0.25, 0.3) is 0 Å². The van der Waals surface area contributed by atoms with Crippen LogP contribution in [0.2, 0.25) is 0 Å². The molecule has 1 aliphatic rings. The number of guanidine groups is 1. The minimum Gasteiger partial charge on any atom is -0.493 e. The number of hydrogen-bond acceptors (Lipinski definition) is 6. The highest BCUT2D eigenvalue weighted by Gasteiger charge is 2.24. The molecular weight excluding hydrogens is 398 g/mol. The molecule has 0 bridgehead atoms. The number of amides is 1. The molecule has 0 aliphatic carbocycles. The van der Waals surface area contributed by atoms with E-state index in [4.69, 9.17) is 19.9 Å². The minimum absolute atomic E-state index is 0.0311. The number of ether oxygens (including phenoxy) is 3. The van der Waals surface area contributed by atoms with Crippen LogP contribution in [-0.2, 0) is 20.7 Å². The van der Waals surface area contributed by atoms with Crippen molar-refractivity contribution >= 4 is 17.6 Å². The Bertz CT molecular complexity index is 772. The first-order valence-corrected chi connectivity index (χ1v) is 10.8. The van der Waals surface area contributed by atoms with E-state index < -0.39 is 6.04 Å². The first-order chi connectivity index (χ1) is 14.8. The summed E-state index contributed by atoms with van der Waals surface area (Å²) in [4.78, 5) is 29.6. The molecule has 0 saturated carbocycles. The van der Waals surface area contributed by atoms with Crippen LogP contribution in [0, 0.1) is 11.8 Å². The Kier molecular flexibility index (Phi) is 9.78. The van der Waals surface area contributed by atoms with Crippen LogP contribution in [0.1, 0.15) is 45.1 Å². The van der Waals surface area contributed by atoms with E-state index in [0.29, 0.717) is 43.5 Å². The number of nitrogens with two attached hydrogens (primary N) is 1. The third kappa shape index (κ3) is 8.20. The van der Waals surface area contributed by atoms with Crippen molar-refractivity contribution < 1.29 is 23.8 Å². The Morgan fingerprint density at radius 2 is 1.87 bits per heavy atom. The zero-order valence-corrected chi connectivity index (χ0v) is 19.0. The lowest BCUT2D eigenvalue weighted by molar-refractivity contribution is -0.122. The fraction of sp³-hybridized carbons (Fsp3) is 0.609. The third-order valence-corrected chi connectivity index (χ3v) is 5.27. The van der Waals surface area contributed by atoms with Gasteiger partial charge in [0.1, 0.15) is 6.04 Å². The maximum Gasteiger partial charge on any atom is 0.231 e. The summed E-state index contributed by atoms with van der Waals surface area (Å²) in [6.07, 6.45) is 2.94. The fourth-order valence-corrected chi connectivity index (χ4v) is 3.64. The summed E-state index contributed by atoms with van der Waals surface area (Å²) in [6, 6.07) is 4.72. The zero-order valence-electron chi connectivity index (χ0n) is 19.0. The van der Waals surface area contributed by atoms with E-state index >= 15 is 0 Å². The lowest BCUT2D eigenvalue weighted by Crippen LogP contribution is -2.40. The van der Waals surface area contributed by atoms with E-state index in [1.54, 1.807) is 32.4 Å². The second-order valence-corrected chi connectivity index (χ2v) is 8.30. The number of Topliss-reactive ketones (excluding diaryl/α,β-unsaturated/α-hetero) is 1. The van der Waals surface area contributed by atoms with Gasteiger partial charge in [0.15, 0.2) is 23.2 Å². The van der Waals surface area contributed by atoms with Crippen molar-refractivity contribution in [1.82, 2.24) is 5.32 Å². The van der Waals surface area contributed by atoms with Gasteiger partial charge >= 0.3 is 0 Å². The molecule has 1 amide bonds. The van der Waals surface area contributed by atoms with Crippen LogP contribution in [0.4, 0.5) is 0 Å². The lowest BCUT2D eigenvalue weighted by Gasteiger charge is -2.23. The SMILES string of the molecule is COc1ccc(CC(=O)NC(N)=N[C@H](CC(C)C)C(=O)CC2CCOCC2)cc1OC. The Labute approximate surface area is 184 Å². The Morgan fingerprint density at radius 3 is 2.48 bits per heavy atom. The summed E-state index contributed by atoms with van der Waals surface area (Å²) in [5.74, 6) is 1.47. The van der Waals surface area contributed by atoms with E-state index in [1.807, 2.05) is 13.8 Å². The molecule has 1 saturated heterocycles. The van der Waals surface area contributed by atoms with Crippen molar-refractivity contribution in [3.05, 3.63) is 23.8 Å². The van der Waals surface area contributed by atoms with E-state index in [9.17, 15) is 9.59 Å². The highest BCUT2D eigenvalue weighted by atomic mass is 16.5. The number of carbonyl (C=O) groups excluding carboxylic acids is 2. The normalized spacial score (nSPS) is 16.1. The van der Waals surface area contributed by atoms with Crippen LogP contribution in [0.25, 0.3) is 0 Å². The molecule has 1 atom stereocenters. The van der Waals surface area contributed by atoms with Crippen molar-refractivity contribution in [1.29, 1.82) is 0 Å². The quantitative estimate of drug-likeness (QED) is 0.433. The number of carbonyl (C=O) groups is 2. The average Bonchev–Trinajstić information content (AvgIpc) is 2.73. The molecule has 1 aliphatic heterocycles. The van der Waals surface area contributed by atoms with Gasteiger partial charge in [-0.15, -0.1) is 0 Å². The molecule has 2 rings (SSSR count). The van der Waals surface area contributed by atoms with Gasteiger partial charge in [-0.1, -0.05) is 19.9 Å². The maximum atomic E-state index is 12.8.